The molecule has 0 aliphatic heterocycles. The summed E-state index contributed by atoms with van der Waals surface area (Å²) in [5, 5.41) is 0.126. The number of nitrogens with two attached hydrogens (primary N) is 1. The predicted octanol–water partition coefficient (Wildman–Crippen LogP) is 1.34. The van der Waals surface area contributed by atoms with Crippen molar-refractivity contribution in [3.05, 3.63) is 17.0 Å². The average Bonchev–Trinajstić information content (AvgIpc) is 2.14. The van der Waals surface area contributed by atoms with Crippen molar-refractivity contribution >= 4 is 34.3 Å². The summed E-state index contributed by atoms with van der Waals surface area (Å²) < 4.78 is 0. The molecule has 4 nitrogen and oxygen atoms in total. The fourth-order valence-corrected chi connectivity index (χ4v) is 1.23. The number of carbonyl (C=O) groups is 1. The lowest BCUT2D eigenvalue weighted by Gasteiger charge is -1.95. The number of aromatic nitrogens is 2. The molecule has 2 N–H and O–H groups in total. The zero-order valence-corrected chi connectivity index (χ0v) is 9.52. The maximum Gasteiger partial charge on any atom is 0.224 e. The van der Waals surface area contributed by atoms with Gasteiger partial charge in [0.15, 0.2) is 5.12 Å². The van der Waals surface area contributed by atoms with Crippen molar-refractivity contribution < 1.29 is 4.79 Å². The molecule has 1 aromatic heterocycles. The fourth-order valence-electron chi connectivity index (χ4n) is 0.738. The molecule has 0 unspecified atom stereocenters. The summed E-state index contributed by atoms with van der Waals surface area (Å²) in [4.78, 5) is 18.1. The van der Waals surface area contributed by atoms with E-state index in [0.29, 0.717) is 11.3 Å². The van der Waals surface area contributed by atoms with Crippen molar-refractivity contribution in [1.82, 2.24) is 9.97 Å². The summed E-state index contributed by atoms with van der Waals surface area (Å²) in [5.41, 5.74) is 6.07. The topological polar surface area (TPSA) is 68.9 Å². The van der Waals surface area contributed by atoms with Crippen molar-refractivity contribution in [2.24, 2.45) is 0 Å². The molecule has 0 aliphatic carbocycles. The van der Waals surface area contributed by atoms with Crippen LogP contribution in [0.15, 0.2) is 6.20 Å². The summed E-state index contributed by atoms with van der Waals surface area (Å²) in [7, 11) is 0. The Kier molecular flexibility index (Phi) is 4.40. The van der Waals surface area contributed by atoms with Gasteiger partial charge in [0.25, 0.3) is 0 Å². The van der Waals surface area contributed by atoms with E-state index in [1.807, 2.05) is 0 Å². The number of hydrogen-bond acceptors (Lipinski definition) is 5. The number of carbonyl (C=O) groups excluding carboxylic acids is 1. The van der Waals surface area contributed by atoms with Crippen LogP contribution in [0, 0.1) is 11.8 Å². The minimum Gasteiger partial charge on any atom is -0.383 e. The van der Waals surface area contributed by atoms with Crippen LogP contribution in [0.1, 0.15) is 12.5 Å². The van der Waals surface area contributed by atoms with E-state index in [0.717, 1.165) is 11.8 Å². The lowest BCUT2D eigenvalue weighted by Crippen LogP contribution is -1.96. The highest BCUT2D eigenvalue weighted by Gasteiger charge is 1.98. The second-order valence-electron chi connectivity index (χ2n) is 2.52. The number of anilines is 1. The monoisotopic (exact) mass is 241 g/mol. The third-order valence-corrected chi connectivity index (χ3v) is 2.24. The smallest absolute Gasteiger partial charge is 0.224 e. The molecule has 1 aromatic rings. The van der Waals surface area contributed by atoms with Crippen LogP contribution >= 0.6 is 23.4 Å². The second-order valence-corrected chi connectivity index (χ2v) is 4.01. The number of thioether (sulfide) groups is 1. The molecule has 78 valence electrons. The zero-order chi connectivity index (χ0) is 11.3. The highest BCUT2D eigenvalue weighted by molar-refractivity contribution is 8.13. The van der Waals surface area contributed by atoms with Gasteiger partial charge in [0.1, 0.15) is 5.82 Å². The standard InChI is InChI=1S/C9H8ClN3OS/c1-6(14)15-4-2-3-7-5-12-9(10)13-8(7)11/h5H,4H2,1H3,(H2,11,12,13). The van der Waals surface area contributed by atoms with Crippen LogP contribution in [-0.4, -0.2) is 20.8 Å². The number of nitrogens with zero attached hydrogens (tertiary/aromatic N) is 2. The molecule has 1 rings (SSSR count). The third kappa shape index (κ3) is 4.19. The normalized spacial score (nSPS) is 9.20. The third-order valence-electron chi connectivity index (χ3n) is 1.36. The van der Waals surface area contributed by atoms with Gasteiger partial charge in [-0.25, -0.2) is 4.98 Å². The summed E-state index contributed by atoms with van der Waals surface area (Å²) in [6, 6.07) is 0. The van der Waals surface area contributed by atoms with E-state index >= 15 is 0 Å². The summed E-state index contributed by atoms with van der Waals surface area (Å²) in [6.45, 7) is 1.49. The van der Waals surface area contributed by atoms with Crippen LogP contribution in [-0.2, 0) is 4.79 Å². The van der Waals surface area contributed by atoms with Crippen molar-refractivity contribution in [3.8, 4) is 11.8 Å². The van der Waals surface area contributed by atoms with Gasteiger partial charge in [0, 0.05) is 13.1 Å². The minimum atomic E-state index is 0.0321. The summed E-state index contributed by atoms with van der Waals surface area (Å²) in [5.74, 6) is 6.22. The van der Waals surface area contributed by atoms with Crippen LogP contribution in [0.25, 0.3) is 0 Å². The van der Waals surface area contributed by atoms with Crippen LogP contribution in [0.5, 0.6) is 0 Å². The van der Waals surface area contributed by atoms with Crippen LogP contribution < -0.4 is 5.73 Å². The maximum atomic E-state index is 10.6. The van der Waals surface area contributed by atoms with Gasteiger partial charge in [0.2, 0.25) is 5.28 Å². The Balaban J connectivity index is 2.67. The molecule has 0 amide bonds. The van der Waals surface area contributed by atoms with Gasteiger partial charge in [-0.3, -0.25) is 4.79 Å². The molecular formula is C9H8ClN3OS. The van der Waals surface area contributed by atoms with Gasteiger partial charge in [-0.2, -0.15) is 4.98 Å². The first kappa shape index (κ1) is 11.8. The Morgan fingerprint density at radius 1 is 1.73 bits per heavy atom. The van der Waals surface area contributed by atoms with E-state index in [1.165, 1.54) is 13.1 Å². The predicted molar refractivity (Wildman–Crippen MR) is 61.5 cm³/mol. The Morgan fingerprint density at radius 3 is 3.07 bits per heavy atom. The molecule has 0 fully saturated rings. The summed E-state index contributed by atoms with van der Waals surface area (Å²) >= 11 is 6.66. The van der Waals surface area contributed by atoms with E-state index in [2.05, 4.69) is 21.8 Å². The molecular weight excluding hydrogens is 234 g/mol. The SMILES string of the molecule is CC(=O)SCC#Cc1cnc(Cl)nc1N. The minimum absolute atomic E-state index is 0.0321. The van der Waals surface area contributed by atoms with E-state index in [4.69, 9.17) is 17.3 Å². The second kappa shape index (κ2) is 5.59. The molecule has 0 spiro atoms. The lowest BCUT2D eigenvalue weighted by molar-refractivity contribution is -0.109. The van der Waals surface area contributed by atoms with E-state index in [9.17, 15) is 4.79 Å². The van der Waals surface area contributed by atoms with Gasteiger partial charge < -0.3 is 5.73 Å². The number of nitrogen functional groups attached to an aromatic ring is 1. The molecule has 15 heavy (non-hydrogen) atoms. The first-order valence-corrected chi connectivity index (χ1v) is 5.36. The summed E-state index contributed by atoms with van der Waals surface area (Å²) in [6.07, 6.45) is 1.45. The van der Waals surface area contributed by atoms with Gasteiger partial charge >= 0.3 is 0 Å². The first-order valence-electron chi connectivity index (χ1n) is 4.00. The van der Waals surface area contributed by atoms with Crippen molar-refractivity contribution in [2.45, 2.75) is 6.92 Å². The molecule has 0 aromatic carbocycles. The van der Waals surface area contributed by atoms with E-state index in [1.54, 1.807) is 0 Å². The zero-order valence-electron chi connectivity index (χ0n) is 7.95. The first-order chi connectivity index (χ1) is 7.09. The number of halogens is 1. The van der Waals surface area contributed by atoms with Gasteiger partial charge in [-0.1, -0.05) is 23.6 Å². The van der Waals surface area contributed by atoms with Crippen molar-refractivity contribution in [2.75, 3.05) is 11.5 Å². The quantitative estimate of drug-likeness (QED) is 0.594. The Bertz CT molecular complexity index is 439. The Morgan fingerprint density at radius 2 is 2.47 bits per heavy atom. The van der Waals surface area contributed by atoms with E-state index < -0.39 is 0 Å². The van der Waals surface area contributed by atoms with Crippen molar-refractivity contribution in [1.29, 1.82) is 0 Å². The molecule has 0 radical (unpaired) electrons. The van der Waals surface area contributed by atoms with Crippen LogP contribution in [0.2, 0.25) is 5.28 Å². The van der Waals surface area contributed by atoms with Gasteiger partial charge in [-0.05, 0) is 11.6 Å². The van der Waals surface area contributed by atoms with Crippen LogP contribution in [0.4, 0.5) is 5.82 Å². The molecule has 6 heteroatoms. The molecule has 0 aliphatic rings. The van der Waals surface area contributed by atoms with E-state index in [-0.39, 0.29) is 16.2 Å². The molecule has 0 bridgehead atoms. The maximum absolute atomic E-state index is 10.6. The Hall–Kier alpha value is -1.25. The molecule has 0 atom stereocenters. The molecule has 0 saturated carbocycles. The van der Waals surface area contributed by atoms with Crippen LogP contribution in [0.3, 0.4) is 0 Å². The van der Waals surface area contributed by atoms with Gasteiger partial charge in [-0.15, -0.1) is 0 Å². The Labute approximate surface area is 96.6 Å². The fraction of sp³-hybridized carbons (Fsp3) is 0.222. The highest BCUT2D eigenvalue weighted by Crippen LogP contribution is 2.08. The number of rotatable bonds is 1. The number of hydrogen-bond donors (Lipinski definition) is 1. The lowest BCUT2D eigenvalue weighted by atomic mass is 10.3. The van der Waals surface area contributed by atoms with Crippen molar-refractivity contribution in [3.63, 3.8) is 0 Å². The molecule has 0 saturated heterocycles. The average molecular weight is 242 g/mol. The highest BCUT2D eigenvalue weighted by atomic mass is 35.5. The molecule has 1 heterocycles. The van der Waals surface area contributed by atoms with Gasteiger partial charge in [0.05, 0.1) is 11.3 Å². The largest absolute Gasteiger partial charge is 0.383 e.